The topological polar surface area (TPSA) is 164 Å². The Morgan fingerprint density at radius 2 is 1.85 bits per heavy atom. The zero-order valence-electron chi connectivity index (χ0n) is 21.1. The second kappa shape index (κ2) is 12.2. The molecule has 214 valence electrons. The number of nitrogens with zero attached hydrogens (tertiary/aromatic N) is 2. The first-order chi connectivity index (χ1) is 19.0. The summed E-state index contributed by atoms with van der Waals surface area (Å²) >= 11 is 0. The summed E-state index contributed by atoms with van der Waals surface area (Å²) in [4.78, 5) is 28.1. The van der Waals surface area contributed by atoms with Crippen LogP contribution >= 0.6 is 7.75 Å². The molecule has 1 aliphatic heterocycles. The van der Waals surface area contributed by atoms with Crippen molar-refractivity contribution in [3.63, 3.8) is 0 Å². The van der Waals surface area contributed by atoms with E-state index in [1.165, 1.54) is 19.1 Å². The molecule has 2 aromatic carbocycles. The number of aliphatic hydroxyl groups is 1. The maximum atomic E-state index is 14.9. The van der Waals surface area contributed by atoms with Gasteiger partial charge < -0.3 is 24.8 Å². The monoisotopic (exact) mass is 580 g/mol. The summed E-state index contributed by atoms with van der Waals surface area (Å²) in [5.41, 5.74) is 5.01. The standard InChI is InChI=1S/C25H27F2N4O8P/c1-16(22(33)36-14-17-8-4-2-5-9-17)30-40(35,39-18-10-6-3-7-11-18)37-15-19-21(32)25(26,27)23(38-19)31-13-12-20(28)29-24(31)34/h2-13,16,19,21,23,32H,14-15H2,1H3,(H,30,35)(H2,28,29,34)/t16-,19+,21+,23+,40-/m0/s1. The number of nitrogens with two attached hydrogens (primary N) is 1. The van der Waals surface area contributed by atoms with Crippen LogP contribution in [0.15, 0.2) is 77.7 Å². The van der Waals surface area contributed by atoms with Crippen LogP contribution in [-0.2, 0) is 30.0 Å². The van der Waals surface area contributed by atoms with Gasteiger partial charge in [-0.05, 0) is 30.7 Å². The summed E-state index contributed by atoms with van der Waals surface area (Å²) in [5.74, 6) is -4.85. The molecule has 0 radical (unpaired) electrons. The fraction of sp³-hybridized carbons (Fsp3) is 0.320. The van der Waals surface area contributed by atoms with Gasteiger partial charge in [0.2, 0.25) is 6.23 Å². The number of para-hydroxylation sites is 1. The molecule has 4 N–H and O–H groups in total. The number of carbonyl (C=O) groups is 1. The number of aliphatic hydroxyl groups excluding tert-OH is 1. The normalized spacial score (nSPS) is 22.2. The van der Waals surface area contributed by atoms with E-state index >= 15 is 0 Å². The van der Waals surface area contributed by atoms with Crippen molar-refractivity contribution in [1.29, 1.82) is 0 Å². The molecule has 1 saturated heterocycles. The Morgan fingerprint density at radius 1 is 1.20 bits per heavy atom. The number of hydrogen-bond donors (Lipinski definition) is 3. The van der Waals surface area contributed by atoms with Gasteiger partial charge in [-0.25, -0.2) is 9.36 Å². The van der Waals surface area contributed by atoms with E-state index in [9.17, 15) is 28.0 Å². The van der Waals surface area contributed by atoms with Crippen LogP contribution in [0.4, 0.5) is 14.6 Å². The van der Waals surface area contributed by atoms with Gasteiger partial charge in [-0.1, -0.05) is 48.5 Å². The summed E-state index contributed by atoms with van der Waals surface area (Å²) in [6.45, 7) is 0.435. The van der Waals surface area contributed by atoms with E-state index in [2.05, 4.69) is 10.1 Å². The first-order valence-corrected chi connectivity index (χ1v) is 13.6. The maximum Gasteiger partial charge on any atom is 0.459 e. The molecule has 4 rings (SSSR count). The van der Waals surface area contributed by atoms with Gasteiger partial charge in [0.15, 0.2) is 6.10 Å². The minimum Gasteiger partial charge on any atom is -0.460 e. The lowest BCUT2D eigenvalue weighted by molar-refractivity contribution is -0.146. The van der Waals surface area contributed by atoms with Crippen molar-refractivity contribution in [1.82, 2.24) is 14.6 Å². The number of esters is 1. The molecule has 0 saturated carbocycles. The number of hydrogen-bond acceptors (Lipinski definition) is 10. The van der Waals surface area contributed by atoms with Crippen LogP contribution in [-0.4, -0.2) is 51.4 Å². The number of halogens is 2. The molecule has 40 heavy (non-hydrogen) atoms. The third-order valence-electron chi connectivity index (χ3n) is 5.79. The lowest BCUT2D eigenvalue weighted by atomic mass is 10.1. The predicted molar refractivity (Wildman–Crippen MR) is 137 cm³/mol. The fourth-order valence-corrected chi connectivity index (χ4v) is 5.24. The largest absolute Gasteiger partial charge is 0.460 e. The van der Waals surface area contributed by atoms with Crippen molar-refractivity contribution < 1.29 is 41.8 Å². The number of nitrogen functional groups attached to an aromatic ring is 1. The average molecular weight is 580 g/mol. The number of anilines is 1. The highest BCUT2D eigenvalue weighted by Gasteiger charge is 2.60. The van der Waals surface area contributed by atoms with Gasteiger partial charge in [0.1, 0.15) is 30.3 Å². The molecule has 0 spiro atoms. The van der Waals surface area contributed by atoms with Crippen molar-refractivity contribution >= 4 is 19.5 Å². The van der Waals surface area contributed by atoms with E-state index < -0.39 is 56.4 Å². The van der Waals surface area contributed by atoms with Gasteiger partial charge >= 0.3 is 25.3 Å². The van der Waals surface area contributed by atoms with Gasteiger partial charge in [0, 0.05) is 6.20 Å². The predicted octanol–water partition coefficient (Wildman–Crippen LogP) is 2.64. The van der Waals surface area contributed by atoms with Crippen LogP contribution in [0.25, 0.3) is 0 Å². The molecule has 12 nitrogen and oxygen atoms in total. The summed E-state index contributed by atoms with van der Waals surface area (Å²) < 4.78 is 65.3. The van der Waals surface area contributed by atoms with Crippen LogP contribution in [0.5, 0.6) is 5.75 Å². The second-order valence-corrected chi connectivity index (χ2v) is 10.5. The Balaban J connectivity index is 1.47. The van der Waals surface area contributed by atoms with E-state index in [0.717, 1.165) is 17.8 Å². The SMILES string of the molecule is C[C@H](N[P@](=O)(OC[C@H]1O[C@@H](n2ccc(N)nc2=O)C(F)(F)[C@@H]1O)Oc1ccccc1)C(=O)OCc1ccccc1. The third-order valence-corrected chi connectivity index (χ3v) is 7.43. The third kappa shape index (κ3) is 6.90. The molecular formula is C25H27F2N4O8P. The molecular weight excluding hydrogens is 553 g/mol. The minimum atomic E-state index is -4.46. The molecule has 1 aromatic heterocycles. The van der Waals surface area contributed by atoms with Crippen LogP contribution in [0.1, 0.15) is 18.7 Å². The van der Waals surface area contributed by atoms with Crippen LogP contribution < -0.4 is 21.0 Å². The highest BCUT2D eigenvalue weighted by atomic mass is 31.2. The smallest absolute Gasteiger partial charge is 0.459 e. The average Bonchev–Trinajstić information content (AvgIpc) is 3.15. The molecule has 0 aliphatic carbocycles. The number of carbonyl (C=O) groups excluding carboxylic acids is 1. The zero-order chi connectivity index (χ0) is 28.9. The van der Waals surface area contributed by atoms with Gasteiger partial charge in [-0.3, -0.25) is 13.9 Å². The molecule has 1 fully saturated rings. The lowest BCUT2D eigenvalue weighted by Crippen LogP contribution is -2.42. The first kappa shape index (κ1) is 29.3. The Bertz CT molecular complexity index is 1410. The molecule has 0 unspecified atom stereocenters. The molecule has 15 heteroatoms. The highest BCUT2D eigenvalue weighted by Crippen LogP contribution is 2.48. The number of rotatable bonds is 11. The number of nitrogens with one attached hydrogen (secondary N) is 1. The molecule has 3 aromatic rings. The van der Waals surface area contributed by atoms with Gasteiger partial charge in [0.05, 0.1) is 6.61 Å². The van der Waals surface area contributed by atoms with Crippen molar-refractivity contribution in [3.8, 4) is 5.75 Å². The van der Waals surface area contributed by atoms with E-state index in [1.54, 1.807) is 48.5 Å². The molecule has 0 bridgehead atoms. The Morgan fingerprint density at radius 3 is 2.50 bits per heavy atom. The zero-order valence-corrected chi connectivity index (χ0v) is 22.0. The van der Waals surface area contributed by atoms with Gasteiger partial charge in [-0.2, -0.15) is 18.9 Å². The van der Waals surface area contributed by atoms with Crippen molar-refractivity contribution in [2.75, 3.05) is 12.3 Å². The quantitative estimate of drug-likeness (QED) is 0.226. The summed E-state index contributed by atoms with van der Waals surface area (Å²) in [7, 11) is -4.46. The van der Waals surface area contributed by atoms with Gasteiger partial charge in [-0.15, -0.1) is 0 Å². The number of aromatic nitrogens is 2. The Kier molecular flexibility index (Phi) is 8.96. The fourth-order valence-electron chi connectivity index (χ4n) is 3.74. The van der Waals surface area contributed by atoms with Crippen molar-refractivity contribution in [2.24, 2.45) is 0 Å². The molecule has 2 heterocycles. The van der Waals surface area contributed by atoms with Crippen molar-refractivity contribution in [3.05, 3.63) is 89.0 Å². The number of alkyl halides is 2. The van der Waals surface area contributed by atoms with E-state index in [1.807, 2.05) is 0 Å². The molecule has 1 aliphatic rings. The number of benzene rings is 2. The first-order valence-electron chi connectivity index (χ1n) is 12.0. The summed E-state index contributed by atoms with van der Waals surface area (Å²) in [5, 5.41) is 12.7. The van der Waals surface area contributed by atoms with Crippen LogP contribution in [0.2, 0.25) is 0 Å². The van der Waals surface area contributed by atoms with E-state index in [4.69, 9.17) is 24.3 Å². The number of ether oxygens (including phenoxy) is 2. The molecule has 0 amide bonds. The summed E-state index contributed by atoms with van der Waals surface area (Å²) in [6.07, 6.45) is -5.50. The van der Waals surface area contributed by atoms with E-state index in [-0.39, 0.29) is 18.2 Å². The summed E-state index contributed by atoms with van der Waals surface area (Å²) in [6, 6.07) is 16.5. The van der Waals surface area contributed by atoms with Gasteiger partial charge in [0.25, 0.3) is 0 Å². The van der Waals surface area contributed by atoms with Crippen molar-refractivity contribution in [2.45, 2.75) is 43.9 Å². The Labute approximate surface area is 227 Å². The van der Waals surface area contributed by atoms with Crippen LogP contribution in [0.3, 0.4) is 0 Å². The maximum absolute atomic E-state index is 14.9. The highest BCUT2D eigenvalue weighted by molar-refractivity contribution is 7.52. The second-order valence-electron chi connectivity index (χ2n) is 8.83. The Hall–Kier alpha value is -3.68. The minimum absolute atomic E-state index is 0.0473. The van der Waals surface area contributed by atoms with Crippen LogP contribution in [0, 0.1) is 0 Å². The van der Waals surface area contributed by atoms with E-state index in [0.29, 0.717) is 4.57 Å². The lowest BCUT2D eigenvalue weighted by Gasteiger charge is -2.24. The molecule has 5 atom stereocenters.